The summed E-state index contributed by atoms with van der Waals surface area (Å²) in [7, 11) is 0. The second-order valence-electron chi connectivity index (χ2n) is 2.85. The molecule has 0 fully saturated rings. The van der Waals surface area contributed by atoms with Gasteiger partial charge >= 0.3 is 6.29 Å². The molecule has 0 amide bonds. The third-order valence-corrected chi connectivity index (χ3v) is 2.20. The summed E-state index contributed by atoms with van der Waals surface area (Å²) in [4.78, 5) is 15.0. The van der Waals surface area contributed by atoms with Gasteiger partial charge in [0.05, 0.1) is 6.33 Å². The SMILES string of the molecule is Clc1nc(C2OC=CO2)nc2nc[nH]c12. The molecule has 1 aliphatic rings. The van der Waals surface area contributed by atoms with E-state index in [0.717, 1.165) is 0 Å². The van der Waals surface area contributed by atoms with E-state index >= 15 is 0 Å². The Bertz CT molecular complexity index is 530. The zero-order valence-electron chi connectivity index (χ0n) is 7.35. The van der Waals surface area contributed by atoms with Gasteiger partial charge in [0.25, 0.3) is 0 Å². The van der Waals surface area contributed by atoms with Crippen LogP contribution >= 0.6 is 11.6 Å². The summed E-state index contributed by atoms with van der Waals surface area (Å²) < 4.78 is 10.2. The molecule has 76 valence electrons. The van der Waals surface area contributed by atoms with Gasteiger partial charge in [-0.05, 0) is 0 Å². The average molecular weight is 225 g/mol. The number of hydrogen-bond acceptors (Lipinski definition) is 5. The molecule has 1 aliphatic heterocycles. The number of imidazole rings is 1. The summed E-state index contributed by atoms with van der Waals surface area (Å²) >= 11 is 5.93. The molecule has 0 atom stereocenters. The van der Waals surface area contributed by atoms with Crippen LogP contribution in [0.4, 0.5) is 0 Å². The monoisotopic (exact) mass is 224 g/mol. The van der Waals surface area contributed by atoms with Crippen LogP contribution in [0.15, 0.2) is 18.9 Å². The second kappa shape index (κ2) is 3.09. The van der Waals surface area contributed by atoms with Crippen molar-refractivity contribution >= 4 is 22.8 Å². The van der Waals surface area contributed by atoms with Gasteiger partial charge in [-0.3, -0.25) is 0 Å². The lowest BCUT2D eigenvalue weighted by molar-refractivity contribution is -0.0313. The molecule has 0 saturated heterocycles. The summed E-state index contributed by atoms with van der Waals surface area (Å²) in [5.41, 5.74) is 1.09. The summed E-state index contributed by atoms with van der Waals surface area (Å²) in [6.45, 7) is 0. The molecule has 15 heavy (non-hydrogen) atoms. The molecule has 2 aromatic rings. The highest BCUT2D eigenvalue weighted by Crippen LogP contribution is 2.24. The van der Waals surface area contributed by atoms with Gasteiger partial charge in [0.15, 0.2) is 10.8 Å². The highest BCUT2D eigenvalue weighted by Gasteiger charge is 2.21. The number of aromatic nitrogens is 4. The summed E-state index contributed by atoms with van der Waals surface area (Å²) in [5.74, 6) is 0.351. The Morgan fingerprint density at radius 3 is 2.87 bits per heavy atom. The van der Waals surface area contributed by atoms with Crippen molar-refractivity contribution in [1.82, 2.24) is 19.9 Å². The predicted molar refractivity (Wildman–Crippen MR) is 50.7 cm³/mol. The van der Waals surface area contributed by atoms with Crippen molar-refractivity contribution in [2.24, 2.45) is 0 Å². The molecule has 7 heteroatoms. The number of nitrogens with zero attached hydrogens (tertiary/aromatic N) is 3. The minimum Gasteiger partial charge on any atom is -0.452 e. The van der Waals surface area contributed by atoms with Crippen LogP contribution in [-0.4, -0.2) is 19.9 Å². The lowest BCUT2D eigenvalue weighted by atomic mass is 10.5. The molecule has 3 heterocycles. The minimum absolute atomic E-state index is 0.298. The minimum atomic E-state index is -0.636. The van der Waals surface area contributed by atoms with Crippen LogP contribution in [0.3, 0.4) is 0 Å². The number of aromatic amines is 1. The smallest absolute Gasteiger partial charge is 0.301 e. The molecule has 6 nitrogen and oxygen atoms in total. The molecular weight excluding hydrogens is 220 g/mol. The standard InChI is InChI=1S/C8H5ClN4O2/c9-5-4-6(11-3-10-4)13-7(12-5)8-14-1-2-15-8/h1-3,8H,(H,10,11,12,13). The number of nitrogens with one attached hydrogen (secondary N) is 1. The highest BCUT2D eigenvalue weighted by atomic mass is 35.5. The molecule has 0 aromatic carbocycles. The van der Waals surface area contributed by atoms with E-state index < -0.39 is 6.29 Å². The van der Waals surface area contributed by atoms with Crippen molar-refractivity contribution in [2.45, 2.75) is 6.29 Å². The van der Waals surface area contributed by atoms with E-state index in [1.54, 1.807) is 0 Å². The van der Waals surface area contributed by atoms with Crippen LogP contribution in [0.5, 0.6) is 0 Å². The Hall–Kier alpha value is -1.82. The topological polar surface area (TPSA) is 72.9 Å². The summed E-state index contributed by atoms with van der Waals surface area (Å²) in [5, 5.41) is 0.298. The van der Waals surface area contributed by atoms with Crippen LogP contribution in [0.25, 0.3) is 11.2 Å². The van der Waals surface area contributed by atoms with E-state index in [1.165, 1.54) is 18.9 Å². The summed E-state index contributed by atoms with van der Waals surface area (Å²) in [6, 6.07) is 0. The molecule has 0 saturated carbocycles. The third kappa shape index (κ3) is 1.30. The highest BCUT2D eigenvalue weighted by molar-refractivity contribution is 6.33. The number of ether oxygens (including phenoxy) is 2. The largest absolute Gasteiger partial charge is 0.452 e. The molecule has 0 spiro atoms. The van der Waals surface area contributed by atoms with Crippen LogP contribution in [0.2, 0.25) is 5.15 Å². The lowest BCUT2D eigenvalue weighted by Gasteiger charge is -2.08. The first-order chi connectivity index (χ1) is 7.34. The van der Waals surface area contributed by atoms with E-state index in [9.17, 15) is 0 Å². The second-order valence-corrected chi connectivity index (χ2v) is 3.21. The first kappa shape index (κ1) is 8.49. The van der Waals surface area contributed by atoms with Crippen LogP contribution in [0.1, 0.15) is 12.1 Å². The van der Waals surface area contributed by atoms with Crippen molar-refractivity contribution in [3.8, 4) is 0 Å². The average Bonchev–Trinajstić information content (AvgIpc) is 2.88. The Kier molecular flexibility index (Phi) is 1.75. The van der Waals surface area contributed by atoms with Crippen LogP contribution in [0, 0.1) is 0 Å². The Morgan fingerprint density at radius 1 is 1.27 bits per heavy atom. The molecule has 3 rings (SSSR count). The Labute approximate surface area is 88.9 Å². The van der Waals surface area contributed by atoms with Gasteiger partial charge in [-0.2, -0.15) is 0 Å². The number of rotatable bonds is 1. The van der Waals surface area contributed by atoms with E-state index in [1.807, 2.05) is 0 Å². The lowest BCUT2D eigenvalue weighted by Crippen LogP contribution is -2.04. The molecular formula is C8H5ClN4O2. The Morgan fingerprint density at radius 2 is 2.07 bits per heavy atom. The van der Waals surface area contributed by atoms with Crippen LogP contribution < -0.4 is 0 Å². The van der Waals surface area contributed by atoms with E-state index in [2.05, 4.69) is 19.9 Å². The van der Waals surface area contributed by atoms with E-state index in [0.29, 0.717) is 22.1 Å². The number of hydrogen-bond donors (Lipinski definition) is 1. The molecule has 0 radical (unpaired) electrons. The maximum absolute atomic E-state index is 5.93. The zero-order valence-corrected chi connectivity index (χ0v) is 8.10. The molecule has 1 N–H and O–H groups in total. The Balaban J connectivity index is 2.11. The first-order valence-corrected chi connectivity index (χ1v) is 4.55. The maximum Gasteiger partial charge on any atom is 0.301 e. The third-order valence-electron chi connectivity index (χ3n) is 1.93. The van der Waals surface area contributed by atoms with Crippen molar-refractivity contribution < 1.29 is 9.47 Å². The van der Waals surface area contributed by atoms with Crippen molar-refractivity contribution in [3.05, 3.63) is 29.8 Å². The molecule has 2 aromatic heterocycles. The van der Waals surface area contributed by atoms with Gasteiger partial charge in [0.2, 0.25) is 5.82 Å². The van der Waals surface area contributed by atoms with E-state index in [-0.39, 0.29) is 0 Å². The number of H-pyrrole nitrogens is 1. The van der Waals surface area contributed by atoms with Crippen LogP contribution in [-0.2, 0) is 9.47 Å². The van der Waals surface area contributed by atoms with Crippen molar-refractivity contribution in [1.29, 1.82) is 0 Å². The normalized spacial score (nSPS) is 15.5. The fourth-order valence-electron chi connectivity index (χ4n) is 1.28. The van der Waals surface area contributed by atoms with Crippen molar-refractivity contribution in [2.75, 3.05) is 0 Å². The van der Waals surface area contributed by atoms with Gasteiger partial charge in [-0.1, -0.05) is 11.6 Å². The van der Waals surface area contributed by atoms with Gasteiger partial charge in [0, 0.05) is 0 Å². The van der Waals surface area contributed by atoms with Gasteiger partial charge < -0.3 is 14.5 Å². The summed E-state index contributed by atoms with van der Waals surface area (Å²) in [6.07, 6.45) is 3.72. The fraction of sp³-hybridized carbons (Fsp3) is 0.125. The predicted octanol–water partition coefficient (Wildman–Crippen LogP) is 1.52. The molecule has 0 unspecified atom stereocenters. The fourth-order valence-corrected chi connectivity index (χ4v) is 1.51. The number of halogens is 1. The zero-order chi connectivity index (χ0) is 10.3. The van der Waals surface area contributed by atoms with E-state index in [4.69, 9.17) is 21.1 Å². The maximum atomic E-state index is 5.93. The molecule has 0 bridgehead atoms. The van der Waals surface area contributed by atoms with Gasteiger partial charge in [-0.25, -0.2) is 15.0 Å². The first-order valence-electron chi connectivity index (χ1n) is 4.17. The quantitative estimate of drug-likeness (QED) is 0.744. The number of fused-ring (bicyclic) bond motifs is 1. The van der Waals surface area contributed by atoms with Gasteiger partial charge in [-0.15, -0.1) is 0 Å². The molecule has 0 aliphatic carbocycles. The van der Waals surface area contributed by atoms with Crippen molar-refractivity contribution in [3.63, 3.8) is 0 Å². The van der Waals surface area contributed by atoms with Gasteiger partial charge in [0.1, 0.15) is 18.0 Å².